The standard InChI is InChI=1S/C27H45N5O6/c1-16(2)13-21(30-24(34)20(29)7-5-6-12-28)25(35)31-22(14-17(3)4)26(36)32-23(27(37)38)15-18-8-10-19(33)11-9-18/h8-11,16-17,20-23,33H,5-7,12-15,28-29H2,1-4H3,(H,30,34)(H,31,35)(H,32,36)(H,37,38)/t20-,21-,22-,23-/m0/s1. The number of carbonyl (C=O) groups is 4. The van der Waals surface area contributed by atoms with E-state index in [-0.39, 0.29) is 30.4 Å². The Kier molecular flexibility index (Phi) is 14.4. The van der Waals surface area contributed by atoms with Crippen molar-refractivity contribution < 1.29 is 29.4 Å². The molecule has 4 atom stereocenters. The summed E-state index contributed by atoms with van der Waals surface area (Å²) in [6, 6.07) is 2.09. The minimum absolute atomic E-state index is 0.00221. The molecule has 214 valence electrons. The van der Waals surface area contributed by atoms with Crippen LogP contribution >= 0.6 is 0 Å². The molecule has 0 aliphatic carbocycles. The van der Waals surface area contributed by atoms with E-state index in [9.17, 15) is 29.4 Å². The van der Waals surface area contributed by atoms with Crippen LogP contribution in [0.4, 0.5) is 0 Å². The van der Waals surface area contributed by atoms with Crippen LogP contribution < -0.4 is 27.4 Å². The summed E-state index contributed by atoms with van der Waals surface area (Å²) in [7, 11) is 0. The van der Waals surface area contributed by atoms with E-state index in [1.807, 2.05) is 27.7 Å². The molecule has 1 aromatic rings. The Morgan fingerprint density at radius 1 is 0.789 bits per heavy atom. The van der Waals surface area contributed by atoms with Gasteiger partial charge in [0.2, 0.25) is 17.7 Å². The molecule has 0 aliphatic heterocycles. The molecule has 1 rings (SSSR count). The van der Waals surface area contributed by atoms with Gasteiger partial charge in [0.05, 0.1) is 6.04 Å². The van der Waals surface area contributed by atoms with E-state index in [2.05, 4.69) is 16.0 Å². The Hall–Kier alpha value is -3.18. The molecular weight excluding hydrogens is 490 g/mol. The lowest BCUT2D eigenvalue weighted by Gasteiger charge is -2.27. The largest absolute Gasteiger partial charge is 0.508 e. The lowest BCUT2D eigenvalue weighted by molar-refractivity contribution is -0.142. The lowest BCUT2D eigenvalue weighted by Crippen LogP contribution is -2.57. The molecule has 11 nitrogen and oxygen atoms in total. The van der Waals surface area contributed by atoms with E-state index in [4.69, 9.17) is 11.5 Å². The van der Waals surface area contributed by atoms with Crippen LogP contribution in [-0.4, -0.2) is 64.6 Å². The average Bonchev–Trinajstić information content (AvgIpc) is 2.83. The second-order valence-electron chi connectivity index (χ2n) is 10.5. The molecule has 0 radical (unpaired) electrons. The van der Waals surface area contributed by atoms with Crippen molar-refractivity contribution in [1.82, 2.24) is 16.0 Å². The van der Waals surface area contributed by atoms with Crippen molar-refractivity contribution in [2.24, 2.45) is 23.3 Å². The molecule has 38 heavy (non-hydrogen) atoms. The number of carbonyl (C=O) groups excluding carboxylic acids is 3. The van der Waals surface area contributed by atoms with Crippen molar-refractivity contribution >= 4 is 23.7 Å². The van der Waals surface area contributed by atoms with Gasteiger partial charge in [0.15, 0.2) is 0 Å². The second kappa shape index (κ2) is 16.6. The average molecular weight is 536 g/mol. The molecule has 0 fully saturated rings. The number of benzene rings is 1. The number of hydrogen-bond acceptors (Lipinski definition) is 7. The SMILES string of the molecule is CC(C)C[C@H](NC(=O)[C@H](CC(C)C)NC(=O)[C@@H](N)CCCCN)C(=O)N[C@@H](Cc1ccc(O)cc1)C(=O)O. The summed E-state index contributed by atoms with van der Waals surface area (Å²) in [4.78, 5) is 50.9. The normalized spacial score (nSPS) is 14.4. The third-order valence-electron chi connectivity index (χ3n) is 5.98. The zero-order valence-corrected chi connectivity index (χ0v) is 22.9. The number of carboxylic acids is 1. The number of amides is 3. The molecule has 11 heteroatoms. The summed E-state index contributed by atoms with van der Waals surface area (Å²) in [5.41, 5.74) is 12.1. The quantitative estimate of drug-likeness (QED) is 0.143. The Morgan fingerprint density at radius 3 is 1.71 bits per heavy atom. The van der Waals surface area contributed by atoms with E-state index < -0.39 is 47.9 Å². The van der Waals surface area contributed by atoms with Gasteiger partial charge >= 0.3 is 5.97 Å². The molecule has 0 unspecified atom stereocenters. The first-order valence-electron chi connectivity index (χ1n) is 13.2. The van der Waals surface area contributed by atoms with E-state index in [1.54, 1.807) is 12.1 Å². The Morgan fingerprint density at radius 2 is 1.26 bits per heavy atom. The highest BCUT2D eigenvalue weighted by atomic mass is 16.4. The predicted molar refractivity (Wildman–Crippen MR) is 145 cm³/mol. The molecule has 3 amide bonds. The number of phenols is 1. The number of phenolic OH excluding ortho intramolecular Hbond substituents is 1. The van der Waals surface area contributed by atoms with E-state index in [0.29, 0.717) is 31.4 Å². The van der Waals surface area contributed by atoms with Crippen LogP contribution in [0.25, 0.3) is 0 Å². The van der Waals surface area contributed by atoms with Crippen molar-refractivity contribution in [2.75, 3.05) is 6.54 Å². The first-order chi connectivity index (χ1) is 17.8. The molecule has 0 aliphatic rings. The number of carboxylic acid groups (broad SMARTS) is 1. The molecule has 0 aromatic heterocycles. The van der Waals surface area contributed by atoms with Crippen molar-refractivity contribution in [2.45, 2.75) is 90.4 Å². The van der Waals surface area contributed by atoms with Gasteiger partial charge in [-0.3, -0.25) is 14.4 Å². The number of nitrogens with two attached hydrogens (primary N) is 2. The molecule has 0 bridgehead atoms. The van der Waals surface area contributed by atoms with Gasteiger partial charge in [-0.15, -0.1) is 0 Å². The number of aliphatic carboxylic acids is 1. The zero-order valence-electron chi connectivity index (χ0n) is 22.9. The fourth-order valence-corrected chi connectivity index (χ4v) is 3.94. The van der Waals surface area contributed by atoms with Crippen molar-refractivity contribution in [3.63, 3.8) is 0 Å². The smallest absolute Gasteiger partial charge is 0.326 e. The first-order valence-corrected chi connectivity index (χ1v) is 13.2. The topological polar surface area (TPSA) is 197 Å². The van der Waals surface area contributed by atoms with Gasteiger partial charge < -0.3 is 37.6 Å². The zero-order chi connectivity index (χ0) is 28.8. The maximum Gasteiger partial charge on any atom is 0.326 e. The van der Waals surface area contributed by atoms with Crippen molar-refractivity contribution in [3.05, 3.63) is 29.8 Å². The van der Waals surface area contributed by atoms with Crippen molar-refractivity contribution in [1.29, 1.82) is 0 Å². The number of hydrogen-bond donors (Lipinski definition) is 7. The monoisotopic (exact) mass is 535 g/mol. The third-order valence-corrected chi connectivity index (χ3v) is 5.98. The summed E-state index contributed by atoms with van der Waals surface area (Å²) in [5, 5.41) is 27.1. The molecule has 9 N–H and O–H groups in total. The highest BCUT2D eigenvalue weighted by Gasteiger charge is 2.31. The molecule has 0 spiro atoms. The Labute approximate surface area is 225 Å². The van der Waals surface area contributed by atoms with Crippen LogP contribution in [0.3, 0.4) is 0 Å². The number of rotatable bonds is 17. The van der Waals surface area contributed by atoms with Crippen LogP contribution in [0.5, 0.6) is 5.75 Å². The summed E-state index contributed by atoms with van der Waals surface area (Å²) in [5.74, 6) is -2.72. The molecule has 0 saturated carbocycles. The molecular formula is C27H45N5O6. The summed E-state index contributed by atoms with van der Waals surface area (Å²) < 4.78 is 0. The summed E-state index contributed by atoms with van der Waals surface area (Å²) >= 11 is 0. The van der Waals surface area contributed by atoms with E-state index in [1.165, 1.54) is 12.1 Å². The van der Waals surface area contributed by atoms with Gasteiger partial charge in [-0.1, -0.05) is 46.2 Å². The minimum Gasteiger partial charge on any atom is -0.508 e. The Bertz CT molecular complexity index is 906. The van der Waals surface area contributed by atoms with Gasteiger partial charge in [-0.05, 0) is 61.8 Å². The maximum atomic E-state index is 13.2. The van der Waals surface area contributed by atoms with Crippen LogP contribution in [-0.2, 0) is 25.6 Å². The first kappa shape index (κ1) is 32.8. The number of aromatic hydroxyl groups is 1. The molecule has 0 heterocycles. The van der Waals surface area contributed by atoms with Gasteiger partial charge in [-0.25, -0.2) is 4.79 Å². The summed E-state index contributed by atoms with van der Waals surface area (Å²) in [6.45, 7) is 8.08. The van der Waals surface area contributed by atoms with Crippen LogP contribution in [0.15, 0.2) is 24.3 Å². The molecule has 0 saturated heterocycles. The predicted octanol–water partition coefficient (Wildman–Crippen LogP) is 1.02. The van der Waals surface area contributed by atoms with Gasteiger partial charge in [0, 0.05) is 6.42 Å². The van der Waals surface area contributed by atoms with Crippen LogP contribution in [0, 0.1) is 11.8 Å². The van der Waals surface area contributed by atoms with Gasteiger partial charge in [0.25, 0.3) is 0 Å². The second-order valence-corrected chi connectivity index (χ2v) is 10.5. The van der Waals surface area contributed by atoms with Gasteiger partial charge in [-0.2, -0.15) is 0 Å². The third kappa shape index (κ3) is 12.4. The highest BCUT2D eigenvalue weighted by Crippen LogP contribution is 2.13. The van der Waals surface area contributed by atoms with Crippen LogP contribution in [0.2, 0.25) is 0 Å². The van der Waals surface area contributed by atoms with Crippen LogP contribution in [0.1, 0.15) is 65.4 Å². The fourth-order valence-electron chi connectivity index (χ4n) is 3.94. The van der Waals surface area contributed by atoms with E-state index >= 15 is 0 Å². The maximum absolute atomic E-state index is 13.2. The summed E-state index contributed by atoms with van der Waals surface area (Å²) in [6.07, 6.45) is 2.48. The van der Waals surface area contributed by atoms with E-state index in [0.717, 1.165) is 6.42 Å². The van der Waals surface area contributed by atoms with Gasteiger partial charge in [0.1, 0.15) is 23.9 Å². The number of nitrogens with one attached hydrogen (secondary N) is 3. The van der Waals surface area contributed by atoms with Crippen molar-refractivity contribution in [3.8, 4) is 5.75 Å². The Balaban J connectivity index is 2.97. The molecule has 1 aromatic carbocycles. The fraction of sp³-hybridized carbons (Fsp3) is 0.630. The highest BCUT2D eigenvalue weighted by molar-refractivity contribution is 5.94. The lowest BCUT2D eigenvalue weighted by atomic mass is 9.99. The number of unbranched alkanes of at least 4 members (excludes halogenated alkanes) is 1. The minimum atomic E-state index is -1.24.